The van der Waals surface area contributed by atoms with E-state index in [9.17, 15) is 10.2 Å². The highest BCUT2D eigenvalue weighted by Crippen LogP contribution is 1.97. The van der Waals surface area contributed by atoms with Crippen LogP contribution >= 0.6 is 0 Å². The van der Waals surface area contributed by atoms with E-state index in [1.165, 1.54) is 0 Å². The van der Waals surface area contributed by atoms with E-state index in [1.807, 2.05) is 6.07 Å². The van der Waals surface area contributed by atoms with Crippen LogP contribution in [-0.4, -0.2) is 57.4 Å². The summed E-state index contributed by atoms with van der Waals surface area (Å²) >= 11 is 0. The number of aliphatic hydroxyl groups excluding tert-OH is 4. The number of nitrogens with one attached hydrogen (secondary N) is 1. The number of halogens is 1. The average Bonchev–Trinajstić information content (AvgIpc) is 2.46. The van der Waals surface area contributed by atoms with Crippen LogP contribution in [0.4, 0.5) is 0 Å². The Bertz CT molecular complexity index is 442. The number of benzene rings is 1. The van der Waals surface area contributed by atoms with Crippen molar-refractivity contribution in [3.8, 4) is 0 Å². The van der Waals surface area contributed by atoms with E-state index in [2.05, 4.69) is 10.2 Å². The molecule has 0 radical (unpaired) electrons. The SMILES string of the molecule is N/C(=N/[NH+]=C/[C@@H](O)[C@H](O)[C@H](O)CO)c1ccccc1.[I-]. The van der Waals surface area contributed by atoms with Gasteiger partial charge in [-0.25, -0.2) is 0 Å². The van der Waals surface area contributed by atoms with Gasteiger partial charge in [-0.05, 0) is 0 Å². The van der Waals surface area contributed by atoms with E-state index in [1.54, 1.807) is 24.3 Å². The van der Waals surface area contributed by atoms with Crippen LogP contribution in [0.25, 0.3) is 0 Å². The van der Waals surface area contributed by atoms with Crippen molar-refractivity contribution in [3.63, 3.8) is 0 Å². The van der Waals surface area contributed by atoms with Gasteiger partial charge in [-0.2, -0.15) is 0 Å². The lowest BCUT2D eigenvalue weighted by Crippen LogP contribution is -3.00. The Morgan fingerprint density at radius 1 is 1.25 bits per heavy atom. The molecule has 3 atom stereocenters. The summed E-state index contributed by atoms with van der Waals surface area (Å²) in [4.78, 5) is 0. The fraction of sp³-hybridized carbons (Fsp3) is 0.333. The molecule has 0 spiro atoms. The summed E-state index contributed by atoms with van der Waals surface area (Å²) in [6.45, 7) is -0.651. The van der Waals surface area contributed by atoms with E-state index in [4.69, 9.17) is 15.9 Å². The second-order valence-electron chi connectivity index (χ2n) is 3.89. The molecule has 0 aliphatic carbocycles. The molecular formula is C12H18IN3O4. The van der Waals surface area contributed by atoms with Gasteiger partial charge >= 0.3 is 0 Å². The van der Waals surface area contributed by atoms with E-state index in [0.29, 0.717) is 5.56 Å². The van der Waals surface area contributed by atoms with Crippen molar-refractivity contribution >= 4 is 12.1 Å². The molecule has 0 aliphatic rings. The number of hydrogen-bond donors (Lipinski definition) is 6. The number of aliphatic hydroxyl groups is 4. The molecule has 0 fully saturated rings. The number of rotatable bonds is 6. The summed E-state index contributed by atoms with van der Waals surface area (Å²) in [7, 11) is 0. The smallest absolute Gasteiger partial charge is 0.201 e. The van der Waals surface area contributed by atoms with Crippen molar-refractivity contribution in [2.24, 2.45) is 10.8 Å². The lowest BCUT2D eigenvalue weighted by atomic mass is 10.1. The Morgan fingerprint density at radius 3 is 2.40 bits per heavy atom. The Kier molecular flexibility index (Phi) is 9.25. The van der Waals surface area contributed by atoms with Crippen molar-refractivity contribution in [2.45, 2.75) is 18.3 Å². The highest BCUT2D eigenvalue weighted by Gasteiger charge is 2.24. The quantitative estimate of drug-likeness (QED) is 0.123. The molecule has 1 aromatic carbocycles. The van der Waals surface area contributed by atoms with Crippen LogP contribution in [0, 0.1) is 0 Å². The molecular weight excluding hydrogens is 377 g/mol. The van der Waals surface area contributed by atoms with Gasteiger partial charge in [-0.1, -0.05) is 30.3 Å². The second kappa shape index (κ2) is 9.77. The van der Waals surface area contributed by atoms with Crippen LogP contribution in [0.2, 0.25) is 0 Å². The Hall–Kier alpha value is -1.07. The zero-order valence-corrected chi connectivity index (χ0v) is 12.8. The molecule has 0 aromatic heterocycles. The monoisotopic (exact) mass is 395 g/mol. The predicted molar refractivity (Wildman–Crippen MR) is 69.3 cm³/mol. The number of hydrogen-bond acceptors (Lipinski definition) is 5. The largest absolute Gasteiger partial charge is 1.00 e. The second-order valence-corrected chi connectivity index (χ2v) is 3.89. The zero-order chi connectivity index (χ0) is 14.3. The zero-order valence-electron chi connectivity index (χ0n) is 10.6. The summed E-state index contributed by atoms with van der Waals surface area (Å²) in [5.74, 6) is 0.209. The molecule has 0 unspecified atom stereocenters. The summed E-state index contributed by atoms with van der Waals surface area (Å²) in [6, 6.07) is 8.98. The normalized spacial score (nSPS) is 16.5. The van der Waals surface area contributed by atoms with Crippen molar-refractivity contribution in [3.05, 3.63) is 35.9 Å². The summed E-state index contributed by atoms with van der Waals surface area (Å²) in [6.07, 6.45) is -3.28. The van der Waals surface area contributed by atoms with Gasteiger partial charge in [0.05, 0.1) is 6.61 Å². The van der Waals surface area contributed by atoms with Crippen LogP contribution in [0.5, 0.6) is 0 Å². The van der Waals surface area contributed by atoms with Gasteiger partial charge in [-0.3, -0.25) is 0 Å². The molecule has 0 aliphatic heterocycles. The van der Waals surface area contributed by atoms with Gasteiger partial charge in [0.25, 0.3) is 0 Å². The molecule has 0 heterocycles. The van der Waals surface area contributed by atoms with E-state index in [0.717, 1.165) is 6.21 Å². The lowest BCUT2D eigenvalue weighted by molar-refractivity contribution is -0.460. The molecule has 1 aromatic rings. The number of nitrogens with zero attached hydrogens (tertiary/aromatic N) is 1. The van der Waals surface area contributed by atoms with Gasteiger partial charge < -0.3 is 50.1 Å². The minimum atomic E-state index is -1.51. The molecule has 8 heteroatoms. The van der Waals surface area contributed by atoms with Crippen molar-refractivity contribution in [1.82, 2.24) is 0 Å². The summed E-state index contributed by atoms with van der Waals surface area (Å²) < 4.78 is 0. The number of nitrogens with two attached hydrogens (primary N) is 1. The van der Waals surface area contributed by atoms with Gasteiger partial charge in [-0.15, -0.1) is 5.10 Å². The fourth-order valence-electron chi connectivity index (χ4n) is 1.29. The topological polar surface area (TPSA) is 133 Å². The standard InChI is InChI=1S/C12H17N3O4.HI/c13-12(8-4-2-1-3-5-8)15-14-6-9(17)11(19)10(18)7-16;/h1-6,9-11,16-19H,7H2,(H2,13,15);1H/b14-6+;/t9-,10-,11+;/m1./s1. The lowest BCUT2D eigenvalue weighted by Gasteiger charge is -2.15. The molecule has 0 saturated heterocycles. The van der Waals surface area contributed by atoms with Crippen LogP contribution < -0.4 is 34.8 Å². The molecule has 0 bridgehead atoms. The molecule has 0 amide bonds. The maximum absolute atomic E-state index is 9.45. The number of amidine groups is 1. The van der Waals surface area contributed by atoms with Crippen molar-refractivity contribution in [1.29, 1.82) is 0 Å². The van der Waals surface area contributed by atoms with Crippen LogP contribution in [0.1, 0.15) is 5.56 Å². The molecule has 0 saturated carbocycles. The minimum absolute atomic E-state index is 0. The first-order valence-corrected chi connectivity index (χ1v) is 5.68. The fourth-order valence-corrected chi connectivity index (χ4v) is 1.29. The van der Waals surface area contributed by atoms with E-state index >= 15 is 0 Å². The van der Waals surface area contributed by atoms with Gasteiger partial charge in [0, 0.05) is 10.7 Å². The van der Waals surface area contributed by atoms with Crippen LogP contribution in [-0.2, 0) is 0 Å². The minimum Gasteiger partial charge on any atom is -1.00 e. The van der Waals surface area contributed by atoms with E-state index in [-0.39, 0.29) is 29.8 Å². The van der Waals surface area contributed by atoms with Gasteiger partial charge in [0.1, 0.15) is 12.2 Å². The first-order chi connectivity index (χ1) is 9.06. The maximum Gasteiger partial charge on any atom is 0.201 e. The third-order valence-electron chi connectivity index (χ3n) is 2.43. The highest BCUT2D eigenvalue weighted by molar-refractivity contribution is 5.96. The Morgan fingerprint density at radius 2 is 1.85 bits per heavy atom. The first kappa shape index (κ1) is 18.9. The van der Waals surface area contributed by atoms with Gasteiger partial charge in [0.2, 0.25) is 6.21 Å². The van der Waals surface area contributed by atoms with Gasteiger partial charge in [0.15, 0.2) is 11.9 Å². The third kappa shape index (κ3) is 5.92. The summed E-state index contributed by atoms with van der Waals surface area (Å²) in [5, 5.41) is 42.7. The molecule has 7 nitrogen and oxygen atoms in total. The van der Waals surface area contributed by atoms with Crippen molar-refractivity contribution in [2.75, 3.05) is 6.61 Å². The highest BCUT2D eigenvalue weighted by atomic mass is 127. The maximum atomic E-state index is 9.45. The third-order valence-corrected chi connectivity index (χ3v) is 2.43. The molecule has 7 N–H and O–H groups in total. The first-order valence-electron chi connectivity index (χ1n) is 5.68. The van der Waals surface area contributed by atoms with Crippen LogP contribution in [0.15, 0.2) is 35.4 Å². The number of hydrazone groups is 1. The Balaban J connectivity index is 0.00000361. The van der Waals surface area contributed by atoms with Crippen molar-refractivity contribution < 1.29 is 49.5 Å². The molecule has 20 heavy (non-hydrogen) atoms. The summed E-state index contributed by atoms with van der Waals surface area (Å²) in [5.41, 5.74) is 6.38. The molecule has 112 valence electrons. The van der Waals surface area contributed by atoms with Crippen LogP contribution in [0.3, 0.4) is 0 Å². The Labute approximate surface area is 133 Å². The predicted octanol–water partition coefficient (Wildman–Crippen LogP) is -6.46. The molecule has 1 rings (SSSR count). The van der Waals surface area contributed by atoms with E-state index < -0.39 is 24.9 Å². The average molecular weight is 395 g/mol.